The summed E-state index contributed by atoms with van der Waals surface area (Å²) in [6.45, 7) is 2.69. The van der Waals surface area contributed by atoms with E-state index in [-0.39, 0.29) is 5.91 Å². The van der Waals surface area contributed by atoms with Gasteiger partial charge in [0, 0.05) is 19.3 Å². The van der Waals surface area contributed by atoms with Crippen molar-refractivity contribution in [2.45, 2.75) is 13.0 Å². The number of hydrogen-bond acceptors (Lipinski definition) is 4. The highest BCUT2D eigenvalue weighted by Gasteiger charge is 2.12. The Morgan fingerprint density at radius 2 is 2.32 bits per heavy atom. The van der Waals surface area contributed by atoms with Crippen LogP contribution in [-0.4, -0.2) is 32.2 Å². The molecule has 0 spiro atoms. The van der Waals surface area contributed by atoms with Crippen molar-refractivity contribution in [3.63, 3.8) is 0 Å². The predicted molar refractivity (Wildman–Crippen MR) is 74.1 cm³/mol. The minimum Gasteiger partial charge on any atom is -0.383 e. The average molecular weight is 282 g/mol. The molecule has 0 aliphatic rings. The quantitative estimate of drug-likeness (QED) is 0.780. The zero-order valence-corrected chi connectivity index (χ0v) is 11.6. The third kappa shape index (κ3) is 4.78. The Hall–Kier alpha value is -1.77. The first-order valence-corrected chi connectivity index (χ1v) is 6.19. The molecule has 0 bridgehead atoms. The van der Waals surface area contributed by atoms with E-state index in [0.29, 0.717) is 29.4 Å². The van der Waals surface area contributed by atoms with Crippen LogP contribution in [0.4, 0.5) is 5.69 Å². The molecular weight excluding hydrogens is 266 g/mol. The van der Waals surface area contributed by atoms with E-state index in [1.54, 1.807) is 32.2 Å². The topological polar surface area (TPSA) is 74.2 Å². The number of carbonyl (C=O) groups excluding carboxylic acids is 1. The van der Waals surface area contributed by atoms with Crippen LogP contribution < -0.4 is 10.6 Å². The number of amides is 1. The van der Waals surface area contributed by atoms with Gasteiger partial charge in [-0.2, -0.15) is 5.26 Å². The average Bonchev–Trinajstić information content (AvgIpc) is 2.39. The molecule has 0 saturated carbocycles. The molecule has 0 aliphatic carbocycles. The lowest BCUT2D eigenvalue weighted by Crippen LogP contribution is -2.39. The zero-order valence-electron chi connectivity index (χ0n) is 10.9. The molecule has 0 aliphatic heterocycles. The van der Waals surface area contributed by atoms with Crippen molar-refractivity contribution in [3.8, 4) is 6.07 Å². The van der Waals surface area contributed by atoms with Crippen molar-refractivity contribution in [2.24, 2.45) is 0 Å². The first kappa shape index (κ1) is 15.3. The van der Waals surface area contributed by atoms with Crippen LogP contribution in [0.2, 0.25) is 5.02 Å². The molecule has 0 radical (unpaired) electrons. The molecule has 5 nitrogen and oxygen atoms in total. The number of nitrogens with zero attached hydrogens (tertiary/aromatic N) is 1. The van der Waals surface area contributed by atoms with Crippen LogP contribution in [0.25, 0.3) is 0 Å². The standard InChI is InChI=1S/C13H16ClN3O2/c1-9(13(18)16-5-6-19-2)17-11-4-3-10(8-15)12(14)7-11/h3-4,7,9,17H,5-6H2,1-2H3,(H,16,18). The number of ether oxygens (including phenoxy) is 1. The van der Waals surface area contributed by atoms with Gasteiger partial charge in [0.05, 0.1) is 17.2 Å². The predicted octanol–water partition coefficient (Wildman–Crippen LogP) is 1.77. The van der Waals surface area contributed by atoms with Crippen molar-refractivity contribution < 1.29 is 9.53 Å². The molecule has 1 aromatic rings. The number of halogens is 1. The molecule has 1 unspecified atom stereocenters. The van der Waals surface area contributed by atoms with Crippen LogP contribution in [0.3, 0.4) is 0 Å². The fourth-order valence-corrected chi connectivity index (χ4v) is 1.66. The number of anilines is 1. The first-order chi connectivity index (χ1) is 9.08. The van der Waals surface area contributed by atoms with Crippen molar-refractivity contribution >= 4 is 23.2 Å². The summed E-state index contributed by atoms with van der Waals surface area (Å²) >= 11 is 5.92. The van der Waals surface area contributed by atoms with Gasteiger partial charge in [-0.15, -0.1) is 0 Å². The molecule has 0 heterocycles. The SMILES string of the molecule is COCCNC(=O)C(C)Nc1ccc(C#N)c(Cl)c1. The minimum atomic E-state index is -0.402. The molecule has 0 saturated heterocycles. The number of rotatable bonds is 6. The smallest absolute Gasteiger partial charge is 0.242 e. The zero-order chi connectivity index (χ0) is 14.3. The summed E-state index contributed by atoms with van der Waals surface area (Å²) in [6, 6.07) is 6.53. The number of carbonyl (C=O) groups is 1. The number of nitrogens with one attached hydrogen (secondary N) is 2. The summed E-state index contributed by atoms with van der Waals surface area (Å²) in [5.41, 5.74) is 1.10. The molecule has 0 fully saturated rings. The van der Waals surface area contributed by atoms with Crippen molar-refractivity contribution in [3.05, 3.63) is 28.8 Å². The van der Waals surface area contributed by atoms with Crippen LogP contribution in [-0.2, 0) is 9.53 Å². The van der Waals surface area contributed by atoms with Gasteiger partial charge in [-0.3, -0.25) is 4.79 Å². The molecule has 1 rings (SSSR count). The Morgan fingerprint density at radius 3 is 2.89 bits per heavy atom. The normalized spacial score (nSPS) is 11.5. The second-order valence-electron chi connectivity index (χ2n) is 3.96. The second kappa shape index (κ2) is 7.62. The number of benzene rings is 1. The number of methoxy groups -OCH3 is 1. The van der Waals surface area contributed by atoms with Crippen molar-refractivity contribution in [1.29, 1.82) is 5.26 Å². The molecule has 102 valence electrons. The molecule has 6 heteroatoms. The summed E-state index contributed by atoms with van der Waals surface area (Å²) in [5, 5.41) is 14.9. The van der Waals surface area contributed by atoms with Gasteiger partial charge in [0.25, 0.3) is 0 Å². The maximum atomic E-state index is 11.7. The summed E-state index contributed by atoms with van der Waals surface area (Å²) in [4.78, 5) is 11.7. The molecule has 1 amide bonds. The Bertz CT molecular complexity index is 485. The van der Waals surface area contributed by atoms with E-state index in [1.807, 2.05) is 6.07 Å². The Kier molecular flexibility index (Phi) is 6.13. The molecule has 1 atom stereocenters. The fourth-order valence-electron chi connectivity index (χ4n) is 1.44. The Balaban J connectivity index is 2.57. The number of nitriles is 1. The van der Waals surface area contributed by atoms with Gasteiger partial charge in [0.15, 0.2) is 0 Å². The van der Waals surface area contributed by atoms with Crippen LogP contribution >= 0.6 is 11.6 Å². The van der Waals surface area contributed by atoms with E-state index in [4.69, 9.17) is 21.6 Å². The maximum absolute atomic E-state index is 11.7. The Morgan fingerprint density at radius 1 is 1.58 bits per heavy atom. The van der Waals surface area contributed by atoms with Crippen molar-refractivity contribution in [2.75, 3.05) is 25.6 Å². The third-order valence-corrected chi connectivity index (χ3v) is 2.78. The van der Waals surface area contributed by atoms with Gasteiger partial charge < -0.3 is 15.4 Å². The number of hydrogen-bond donors (Lipinski definition) is 2. The molecular formula is C13H16ClN3O2. The lowest BCUT2D eigenvalue weighted by molar-refractivity contribution is -0.121. The fraction of sp³-hybridized carbons (Fsp3) is 0.385. The van der Waals surface area contributed by atoms with E-state index in [0.717, 1.165) is 0 Å². The monoisotopic (exact) mass is 281 g/mol. The van der Waals surface area contributed by atoms with E-state index < -0.39 is 6.04 Å². The molecule has 0 aromatic heterocycles. The van der Waals surface area contributed by atoms with Gasteiger partial charge in [-0.05, 0) is 25.1 Å². The first-order valence-electron chi connectivity index (χ1n) is 5.81. The highest BCUT2D eigenvalue weighted by Crippen LogP contribution is 2.20. The van der Waals surface area contributed by atoms with Gasteiger partial charge in [0.1, 0.15) is 12.1 Å². The molecule has 19 heavy (non-hydrogen) atoms. The highest BCUT2D eigenvalue weighted by atomic mass is 35.5. The van der Waals surface area contributed by atoms with E-state index in [2.05, 4.69) is 10.6 Å². The van der Waals surface area contributed by atoms with Gasteiger partial charge in [0.2, 0.25) is 5.91 Å². The maximum Gasteiger partial charge on any atom is 0.242 e. The van der Waals surface area contributed by atoms with Gasteiger partial charge in [-0.25, -0.2) is 0 Å². The summed E-state index contributed by atoms with van der Waals surface area (Å²) < 4.78 is 4.85. The van der Waals surface area contributed by atoms with Crippen molar-refractivity contribution in [1.82, 2.24) is 5.32 Å². The van der Waals surface area contributed by atoms with Gasteiger partial charge >= 0.3 is 0 Å². The summed E-state index contributed by atoms with van der Waals surface area (Å²) in [5.74, 6) is -0.127. The van der Waals surface area contributed by atoms with Crippen LogP contribution in [0.5, 0.6) is 0 Å². The lowest BCUT2D eigenvalue weighted by atomic mass is 10.2. The van der Waals surface area contributed by atoms with Crippen LogP contribution in [0.1, 0.15) is 12.5 Å². The lowest BCUT2D eigenvalue weighted by Gasteiger charge is -2.15. The summed E-state index contributed by atoms with van der Waals surface area (Å²) in [6.07, 6.45) is 0. The largest absolute Gasteiger partial charge is 0.383 e. The van der Waals surface area contributed by atoms with Crippen LogP contribution in [0.15, 0.2) is 18.2 Å². The molecule has 1 aromatic carbocycles. The van der Waals surface area contributed by atoms with E-state index >= 15 is 0 Å². The van der Waals surface area contributed by atoms with Gasteiger partial charge in [-0.1, -0.05) is 11.6 Å². The third-order valence-electron chi connectivity index (χ3n) is 2.47. The van der Waals surface area contributed by atoms with Crippen LogP contribution in [0, 0.1) is 11.3 Å². The molecule has 2 N–H and O–H groups in total. The second-order valence-corrected chi connectivity index (χ2v) is 4.36. The minimum absolute atomic E-state index is 0.127. The Labute approximate surface area is 117 Å². The highest BCUT2D eigenvalue weighted by molar-refractivity contribution is 6.32. The van der Waals surface area contributed by atoms with E-state index in [9.17, 15) is 4.79 Å². The summed E-state index contributed by atoms with van der Waals surface area (Å²) in [7, 11) is 1.58. The van der Waals surface area contributed by atoms with E-state index in [1.165, 1.54) is 0 Å².